The minimum atomic E-state index is -3.57. The normalized spacial score (nSPS) is 10.8. The van der Waals surface area contributed by atoms with E-state index in [4.69, 9.17) is 0 Å². The maximum atomic E-state index is 12.5. The molecule has 3 N–H and O–H groups in total. The monoisotopic (exact) mass is 348 g/mol. The lowest BCUT2D eigenvalue weighted by atomic mass is 10.1. The van der Waals surface area contributed by atoms with E-state index in [0.29, 0.717) is 11.5 Å². The van der Waals surface area contributed by atoms with Gasteiger partial charge in [-0.05, 0) is 30.3 Å². The number of carbonyl (C=O) groups is 2. The average Bonchev–Trinajstić information content (AvgIpc) is 2.48. The number of hydrogen-bond acceptors (Lipinski definition) is 5. The molecule has 24 heavy (non-hydrogen) atoms. The van der Waals surface area contributed by atoms with E-state index in [-0.39, 0.29) is 17.2 Å². The average molecular weight is 348 g/mol. The van der Waals surface area contributed by atoms with Crippen LogP contribution in [0.5, 0.6) is 0 Å². The molecule has 0 atom stereocenters. The van der Waals surface area contributed by atoms with Gasteiger partial charge in [-0.15, -0.1) is 0 Å². The molecule has 0 aliphatic rings. The molecule has 126 valence electrons. The summed E-state index contributed by atoms with van der Waals surface area (Å²) in [5.74, 6) is -0.556. The van der Waals surface area contributed by atoms with Crippen LogP contribution in [0.4, 0.5) is 17.2 Å². The molecule has 0 aliphatic heterocycles. The van der Waals surface area contributed by atoms with Crippen LogP contribution in [-0.4, -0.2) is 31.5 Å². The zero-order valence-corrected chi connectivity index (χ0v) is 13.8. The Labute approximate surface area is 139 Å². The summed E-state index contributed by atoms with van der Waals surface area (Å²) in [6.45, 7) is 1.33. The molecule has 0 saturated carbocycles. The van der Waals surface area contributed by atoms with E-state index in [1.165, 1.54) is 31.3 Å². The highest BCUT2D eigenvalue weighted by atomic mass is 32.2. The fourth-order valence-electron chi connectivity index (χ4n) is 1.92. The summed E-state index contributed by atoms with van der Waals surface area (Å²) >= 11 is 0. The number of rotatable bonds is 5. The van der Waals surface area contributed by atoms with Crippen molar-refractivity contribution in [1.29, 1.82) is 0 Å². The number of pyridine rings is 1. The smallest absolute Gasteiger partial charge is 0.259 e. The van der Waals surface area contributed by atoms with Crippen molar-refractivity contribution >= 4 is 39.0 Å². The van der Waals surface area contributed by atoms with Gasteiger partial charge in [0.2, 0.25) is 15.9 Å². The summed E-state index contributed by atoms with van der Waals surface area (Å²) in [7, 11) is -3.57. The summed E-state index contributed by atoms with van der Waals surface area (Å²) in [5, 5.41) is 5.11. The second-order valence-corrected chi connectivity index (χ2v) is 6.73. The first-order chi connectivity index (χ1) is 11.2. The van der Waals surface area contributed by atoms with E-state index in [0.717, 1.165) is 6.26 Å². The molecule has 8 nitrogen and oxygen atoms in total. The predicted molar refractivity (Wildman–Crippen MR) is 91.4 cm³/mol. The fraction of sp³-hybridized carbons (Fsp3) is 0.133. The van der Waals surface area contributed by atoms with E-state index in [1.54, 1.807) is 18.2 Å². The maximum absolute atomic E-state index is 12.5. The maximum Gasteiger partial charge on any atom is 0.259 e. The third-order valence-corrected chi connectivity index (χ3v) is 3.38. The van der Waals surface area contributed by atoms with Gasteiger partial charge in [-0.2, -0.15) is 0 Å². The van der Waals surface area contributed by atoms with Crippen molar-refractivity contribution in [3.63, 3.8) is 0 Å². The van der Waals surface area contributed by atoms with Gasteiger partial charge in [0.1, 0.15) is 5.82 Å². The Hall–Kier alpha value is -2.94. The van der Waals surface area contributed by atoms with Gasteiger partial charge in [0, 0.05) is 18.8 Å². The fourth-order valence-corrected chi connectivity index (χ4v) is 2.50. The van der Waals surface area contributed by atoms with Crippen LogP contribution in [0.3, 0.4) is 0 Å². The van der Waals surface area contributed by atoms with E-state index in [1.807, 2.05) is 0 Å². The number of nitrogens with zero attached hydrogens (tertiary/aromatic N) is 1. The van der Waals surface area contributed by atoms with Gasteiger partial charge in [-0.25, -0.2) is 13.4 Å². The van der Waals surface area contributed by atoms with E-state index in [2.05, 4.69) is 20.3 Å². The molecule has 1 heterocycles. The van der Waals surface area contributed by atoms with E-state index >= 15 is 0 Å². The van der Waals surface area contributed by atoms with Gasteiger partial charge >= 0.3 is 0 Å². The molecule has 2 aromatic rings. The lowest BCUT2D eigenvalue weighted by Crippen LogP contribution is -2.18. The molecule has 1 aromatic heterocycles. The van der Waals surface area contributed by atoms with Crippen LogP contribution < -0.4 is 15.4 Å². The molecule has 1 aromatic carbocycles. The van der Waals surface area contributed by atoms with Crippen LogP contribution in [0.2, 0.25) is 0 Å². The third-order valence-electron chi connectivity index (χ3n) is 2.79. The van der Waals surface area contributed by atoms with Crippen LogP contribution in [-0.2, 0) is 14.8 Å². The number of carbonyl (C=O) groups excluding carboxylic acids is 2. The number of anilines is 3. The molecule has 0 saturated heterocycles. The molecule has 2 rings (SSSR count). The second-order valence-electron chi connectivity index (χ2n) is 4.98. The molecular formula is C15H16N4O4S. The number of aromatic nitrogens is 1. The van der Waals surface area contributed by atoms with Gasteiger partial charge in [0.05, 0.1) is 17.5 Å². The number of amides is 2. The van der Waals surface area contributed by atoms with Crippen molar-refractivity contribution in [2.75, 3.05) is 21.6 Å². The SMILES string of the molecule is CC(=O)Nc1ccc(NS(C)(=O)=O)c(C(=O)Nc2ccccn2)c1. The van der Waals surface area contributed by atoms with Crippen molar-refractivity contribution in [3.8, 4) is 0 Å². The molecule has 0 fully saturated rings. The van der Waals surface area contributed by atoms with Gasteiger partial charge in [0.25, 0.3) is 5.91 Å². The minimum Gasteiger partial charge on any atom is -0.326 e. The van der Waals surface area contributed by atoms with Crippen molar-refractivity contribution in [2.24, 2.45) is 0 Å². The zero-order chi connectivity index (χ0) is 17.7. The van der Waals surface area contributed by atoms with Gasteiger partial charge in [0.15, 0.2) is 0 Å². The first-order valence-corrected chi connectivity index (χ1v) is 8.75. The molecule has 0 unspecified atom stereocenters. The van der Waals surface area contributed by atoms with Crippen molar-refractivity contribution < 1.29 is 18.0 Å². The molecular weight excluding hydrogens is 332 g/mol. The Morgan fingerprint density at radius 2 is 1.83 bits per heavy atom. The lowest BCUT2D eigenvalue weighted by Gasteiger charge is -2.13. The molecule has 9 heteroatoms. The molecule has 0 bridgehead atoms. The first kappa shape index (κ1) is 17.4. The molecule has 0 spiro atoms. The van der Waals surface area contributed by atoms with Crippen LogP contribution in [0.15, 0.2) is 42.6 Å². The van der Waals surface area contributed by atoms with Crippen LogP contribution in [0, 0.1) is 0 Å². The van der Waals surface area contributed by atoms with Crippen LogP contribution >= 0.6 is 0 Å². The van der Waals surface area contributed by atoms with Gasteiger partial charge in [-0.3, -0.25) is 14.3 Å². The van der Waals surface area contributed by atoms with E-state index in [9.17, 15) is 18.0 Å². The minimum absolute atomic E-state index is 0.0531. The van der Waals surface area contributed by atoms with Crippen molar-refractivity contribution in [1.82, 2.24) is 4.98 Å². The number of benzene rings is 1. The summed E-state index contributed by atoms with van der Waals surface area (Å²) in [6, 6.07) is 9.27. The Bertz CT molecular complexity index is 866. The molecule has 0 radical (unpaired) electrons. The Kier molecular flexibility index (Phi) is 5.14. The van der Waals surface area contributed by atoms with Gasteiger partial charge in [-0.1, -0.05) is 6.07 Å². The summed E-state index contributed by atoms with van der Waals surface area (Å²) in [6.07, 6.45) is 2.49. The standard InChI is InChI=1S/C15H16N4O4S/c1-10(20)17-11-6-7-13(19-24(2,22)23)12(9-11)15(21)18-14-5-3-4-8-16-14/h3-9,19H,1-2H3,(H,17,20)(H,16,18,21). The van der Waals surface area contributed by atoms with Crippen molar-refractivity contribution in [3.05, 3.63) is 48.2 Å². The van der Waals surface area contributed by atoms with Crippen LogP contribution in [0.25, 0.3) is 0 Å². The topological polar surface area (TPSA) is 117 Å². The highest BCUT2D eigenvalue weighted by Gasteiger charge is 2.16. The number of nitrogens with one attached hydrogen (secondary N) is 3. The largest absolute Gasteiger partial charge is 0.326 e. The molecule has 2 amide bonds. The Balaban J connectivity index is 2.38. The number of sulfonamides is 1. The third kappa shape index (κ3) is 5.06. The first-order valence-electron chi connectivity index (χ1n) is 6.86. The summed E-state index contributed by atoms with van der Waals surface area (Å²) in [4.78, 5) is 27.6. The summed E-state index contributed by atoms with van der Waals surface area (Å²) < 4.78 is 25.2. The van der Waals surface area contributed by atoms with Gasteiger partial charge < -0.3 is 10.6 Å². The summed E-state index contributed by atoms with van der Waals surface area (Å²) in [5.41, 5.74) is 0.519. The highest BCUT2D eigenvalue weighted by Crippen LogP contribution is 2.22. The second kappa shape index (κ2) is 7.09. The highest BCUT2D eigenvalue weighted by molar-refractivity contribution is 7.92. The number of hydrogen-bond donors (Lipinski definition) is 3. The molecule has 0 aliphatic carbocycles. The lowest BCUT2D eigenvalue weighted by molar-refractivity contribution is -0.114. The Morgan fingerprint density at radius 3 is 2.42 bits per heavy atom. The van der Waals surface area contributed by atoms with E-state index < -0.39 is 15.9 Å². The Morgan fingerprint density at radius 1 is 1.08 bits per heavy atom. The predicted octanol–water partition coefficient (Wildman–Crippen LogP) is 1.66. The zero-order valence-electron chi connectivity index (χ0n) is 13.0. The van der Waals surface area contributed by atoms with Crippen molar-refractivity contribution in [2.45, 2.75) is 6.92 Å². The van der Waals surface area contributed by atoms with Crippen LogP contribution in [0.1, 0.15) is 17.3 Å². The quantitative estimate of drug-likeness (QED) is 0.760.